The number of nitrogens with two attached hydrogens (primary N) is 1. The minimum absolute atomic E-state index is 0.0571. The fourth-order valence-electron chi connectivity index (χ4n) is 2.27. The second-order valence-corrected chi connectivity index (χ2v) is 4.63. The summed E-state index contributed by atoms with van der Waals surface area (Å²) < 4.78 is 10.7. The Labute approximate surface area is 110 Å². The van der Waals surface area contributed by atoms with E-state index in [0.29, 0.717) is 26.4 Å². The Bertz CT molecular complexity index is 248. The highest BCUT2D eigenvalue weighted by atomic mass is 16.5. The van der Waals surface area contributed by atoms with Crippen LogP contribution in [0.5, 0.6) is 0 Å². The molecule has 18 heavy (non-hydrogen) atoms. The molecule has 2 atom stereocenters. The SMILES string of the molecule is CCOCCOC(C)C(=O)N1CCCCC1CN. The smallest absolute Gasteiger partial charge is 0.251 e. The zero-order valence-electron chi connectivity index (χ0n) is 11.6. The minimum Gasteiger partial charge on any atom is -0.379 e. The van der Waals surface area contributed by atoms with Gasteiger partial charge in [-0.3, -0.25) is 4.79 Å². The third-order valence-electron chi connectivity index (χ3n) is 3.33. The second kappa shape index (κ2) is 8.45. The van der Waals surface area contributed by atoms with Gasteiger partial charge in [-0.2, -0.15) is 0 Å². The van der Waals surface area contributed by atoms with Gasteiger partial charge >= 0.3 is 0 Å². The molecule has 1 aliphatic rings. The van der Waals surface area contributed by atoms with Crippen molar-refractivity contribution in [3.63, 3.8) is 0 Å². The van der Waals surface area contributed by atoms with Crippen LogP contribution in [0.25, 0.3) is 0 Å². The lowest BCUT2D eigenvalue weighted by Gasteiger charge is -2.36. The second-order valence-electron chi connectivity index (χ2n) is 4.63. The molecule has 0 spiro atoms. The molecule has 0 radical (unpaired) electrons. The molecule has 0 aromatic rings. The highest BCUT2D eigenvalue weighted by Crippen LogP contribution is 2.17. The van der Waals surface area contributed by atoms with Gasteiger partial charge in [0.2, 0.25) is 0 Å². The van der Waals surface area contributed by atoms with Crippen LogP contribution in [0.15, 0.2) is 0 Å². The maximum absolute atomic E-state index is 12.2. The van der Waals surface area contributed by atoms with E-state index in [2.05, 4.69) is 0 Å². The number of nitrogens with zero attached hydrogens (tertiary/aromatic N) is 1. The predicted octanol–water partition coefficient (Wildman–Crippen LogP) is 0.768. The Morgan fingerprint density at radius 3 is 2.89 bits per heavy atom. The summed E-state index contributed by atoms with van der Waals surface area (Å²) in [6.07, 6.45) is 2.82. The lowest BCUT2D eigenvalue weighted by atomic mass is 10.0. The monoisotopic (exact) mass is 258 g/mol. The number of carbonyl (C=O) groups excluding carboxylic acids is 1. The summed E-state index contributed by atoms with van der Waals surface area (Å²) in [5.74, 6) is 0.0571. The van der Waals surface area contributed by atoms with Crippen molar-refractivity contribution in [1.29, 1.82) is 0 Å². The van der Waals surface area contributed by atoms with Gasteiger partial charge in [0, 0.05) is 25.7 Å². The van der Waals surface area contributed by atoms with Crippen LogP contribution in [-0.4, -0.2) is 55.9 Å². The topological polar surface area (TPSA) is 64.8 Å². The molecule has 0 saturated carbocycles. The molecular weight excluding hydrogens is 232 g/mol. The van der Waals surface area contributed by atoms with Gasteiger partial charge in [0.15, 0.2) is 0 Å². The number of ether oxygens (including phenoxy) is 2. The van der Waals surface area contributed by atoms with E-state index in [-0.39, 0.29) is 11.9 Å². The molecule has 2 unspecified atom stereocenters. The molecule has 106 valence electrons. The number of hydrogen-bond donors (Lipinski definition) is 1. The van der Waals surface area contributed by atoms with Crippen LogP contribution in [0.4, 0.5) is 0 Å². The number of hydrogen-bond acceptors (Lipinski definition) is 4. The summed E-state index contributed by atoms with van der Waals surface area (Å²) in [6.45, 7) is 6.76. The van der Waals surface area contributed by atoms with Crippen LogP contribution in [0, 0.1) is 0 Å². The van der Waals surface area contributed by atoms with E-state index >= 15 is 0 Å². The molecule has 1 heterocycles. The summed E-state index contributed by atoms with van der Waals surface area (Å²) in [5, 5.41) is 0. The first-order valence-corrected chi connectivity index (χ1v) is 6.90. The van der Waals surface area contributed by atoms with E-state index < -0.39 is 6.10 Å². The van der Waals surface area contributed by atoms with Crippen molar-refractivity contribution >= 4 is 5.91 Å². The summed E-state index contributed by atoms with van der Waals surface area (Å²) in [4.78, 5) is 14.1. The summed E-state index contributed by atoms with van der Waals surface area (Å²) in [7, 11) is 0. The lowest BCUT2D eigenvalue weighted by Crippen LogP contribution is -2.51. The van der Waals surface area contributed by atoms with Crippen LogP contribution >= 0.6 is 0 Å². The van der Waals surface area contributed by atoms with E-state index in [0.717, 1.165) is 25.8 Å². The van der Waals surface area contributed by atoms with Crippen LogP contribution in [0.2, 0.25) is 0 Å². The molecule has 1 amide bonds. The van der Waals surface area contributed by atoms with Crippen molar-refractivity contribution in [3.8, 4) is 0 Å². The Morgan fingerprint density at radius 1 is 1.44 bits per heavy atom. The van der Waals surface area contributed by atoms with Crippen LogP contribution in [0.3, 0.4) is 0 Å². The first kappa shape index (κ1) is 15.4. The fraction of sp³-hybridized carbons (Fsp3) is 0.923. The molecule has 1 rings (SSSR count). The number of amides is 1. The average molecular weight is 258 g/mol. The molecule has 5 heteroatoms. The first-order chi connectivity index (χ1) is 8.70. The number of piperidine rings is 1. The summed E-state index contributed by atoms with van der Waals surface area (Å²) >= 11 is 0. The molecular formula is C13H26N2O3. The van der Waals surface area contributed by atoms with Gasteiger partial charge in [-0.05, 0) is 33.1 Å². The van der Waals surface area contributed by atoms with E-state index in [4.69, 9.17) is 15.2 Å². The maximum Gasteiger partial charge on any atom is 0.251 e. The third-order valence-corrected chi connectivity index (χ3v) is 3.33. The quantitative estimate of drug-likeness (QED) is 0.685. The Hall–Kier alpha value is -0.650. The van der Waals surface area contributed by atoms with E-state index in [9.17, 15) is 4.79 Å². The van der Waals surface area contributed by atoms with Crippen LogP contribution in [0.1, 0.15) is 33.1 Å². The van der Waals surface area contributed by atoms with Gasteiger partial charge in [-0.15, -0.1) is 0 Å². The van der Waals surface area contributed by atoms with Gasteiger partial charge in [-0.25, -0.2) is 0 Å². The van der Waals surface area contributed by atoms with E-state index in [1.165, 1.54) is 0 Å². The molecule has 0 aromatic carbocycles. The Balaban J connectivity index is 2.36. The lowest BCUT2D eigenvalue weighted by molar-refractivity contribution is -0.147. The number of likely N-dealkylation sites (tertiary alicyclic amines) is 1. The van der Waals surface area contributed by atoms with Crippen LogP contribution < -0.4 is 5.73 Å². The highest BCUT2D eigenvalue weighted by molar-refractivity contribution is 5.81. The zero-order chi connectivity index (χ0) is 13.4. The maximum atomic E-state index is 12.2. The molecule has 1 aliphatic heterocycles. The highest BCUT2D eigenvalue weighted by Gasteiger charge is 2.28. The van der Waals surface area contributed by atoms with Crippen molar-refractivity contribution in [3.05, 3.63) is 0 Å². The summed E-state index contributed by atoms with van der Waals surface area (Å²) in [5.41, 5.74) is 5.72. The Kier molecular flexibility index (Phi) is 7.23. The van der Waals surface area contributed by atoms with Gasteiger partial charge in [0.25, 0.3) is 5.91 Å². The molecule has 0 aliphatic carbocycles. The number of rotatable bonds is 7. The molecule has 5 nitrogen and oxygen atoms in total. The van der Waals surface area contributed by atoms with Gasteiger partial charge < -0.3 is 20.1 Å². The van der Waals surface area contributed by atoms with E-state index in [1.54, 1.807) is 6.92 Å². The van der Waals surface area contributed by atoms with Crippen molar-refractivity contribution in [2.24, 2.45) is 5.73 Å². The normalized spacial score (nSPS) is 21.9. The van der Waals surface area contributed by atoms with Crippen molar-refractivity contribution in [2.75, 3.05) is 32.9 Å². The third kappa shape index (κ3) is 4.55. The van der Waals surface area contributed by atoms with E-state index in [1.807, 2.05) is 11.8 Å². The molecule has 1 saturated heterocycles. The van der Waals surface area contributed by atoms with Crippen molar-refractivity contribution in [1.82, 2.24) is 4.90 Å². The molecule has 0 aromatic heterocycles. The minimum atomic E-state index is -0.405. The Morgan fingerprint density at radius 2 is 2.22 bits per heavy atom. The predicted molar refractivity (Wildman–Crippen MR) is 70.3 cm³/mol. The standard InChI is InChI=1S/C13H26N2O3/c1-3-17-8-9-18-11(2)13(16)15-7-5-4-6-12(15)10-14/h11-12H,3-10,14H2,1-2H3. The first-order valence-electron chi connectivity index (χ1n) is 6.90. The molecule has 1 fully saturated rings. The largest absolute Gasteiger partial charge is 0.379 e. The number of carbonyl (C=O) groups is 1. The molecule has 2 N–H and O–H groups in total. The molecule has 0 bridgehead atoms. The van der Waals surface area contributed by atoms with Crippen molar-refractivity contribution < 1.29 is 14.3 Å². The fourth-order valence-corrected chi connectivity index (χ4v) is 2.27. The van der Waals surface area contributed by atoms with Gasteiger partial charge in [0.1, 0.15) is 6.10 Å². The summed E-state index contributed by atoms with van der Waals surface area (Å²) in [6, 6.07) is 0.184. The average Bonchev–Trinajstić information content (AvgIpc) is 2.42. The van der Waals surface area contributed by atoms with Crippen LogP contribution in [-0.2, 0) is 14.3 Å². The van der Waals surface area contributed by atoms with Crippen molar-refractivity contribution in [2.45, 2.75) is 45.3 Å². The van der Waals surface area contributed by atoms with Gasteiger partial charge in [0.05, 0.1) is 13.2 Å². The van der Waals surface area contributed by atoms with Gasteiger partial charge in [-0.1, -0.05) is 0 Å². The zero-order valence-corrected chi connectivity index (χ0v) is 11.6.